The summed E-state index contributed by atoms with van der Waals surface area (Å²) in [5, 5.41) is 0. The number of ether oxygens (including phenoxy) is 1. The molecule has 1 aromatic rings. The Kier molecular flexibility index (Phi) is 2.80. The van der Waals surface area contributed by atoms with Crippen molar-refractivity contribution in [3.8, 4) is 0 Å². The SMILES string of the molecule is COC(=O)c1ccnc(=S(=O)=O)[nH]1. The Hall–Kier alpha value is -1.63. The summed E-state index contributed by atoms with van der Waals surface area (Å²) < 4.78 is 24.9. The third-order valence-electron chi connectivity index (χ3n) is 1.24. The average molecular weight is 202 g/mol. The van der Waals surface area contributed by atoms with Gasteiger partial charge in [0.1, 0.15) is 5.69 Å². The van der Waals surface area contributed by atoms with Gasteiger partial charge in [-0.2, -0.15) is 8.42 Å². The second-order valence-electron chi connectivity index (χ2n) is 2.01. The average Bonchev–Trinajstić information content (AvgIpc) is 2.17. The Labute approximate surface area is 74.7 Å². The number of esters is 1. The summed E-state index contributed by atoms with van der Waals surface area (Å²) in [6, 6.07) is 1.32. The predicted octanol–water partition coefficient (Wildman–Crippen LogP) is -0.393. The fourth-order valence-electron chi connectivity index (χ4n) is 0.682. The lowest BCUT2D eigenvalue weighted by Crippen LogP contribution is -2.04. The molecule has 0 amide bonds. The summed E-state index contributed by atoms with van der Waals surface area (Å²) in [5.41, 5.74) is 0.0386. The van der Waals surface area contributed by atoms with E-state index in [1.54, 1.807) is 0 Å². The lowest BCUT2D eigenvalue weighted by atomic mass is 10.4. The van der Waals surface area contributed by atoms with Gasteiger partial charge in [0.15, 0.2) is 0 Å². The molecule has 7 heteroatoms. The molecule has 0 aliphatic heterocycles. The number of nitrogens with one attached hydrogen (secondary N) is 1. The number of methoxy groups -OCH3 is 1. The van der Waals surface area contributed by atoms with Crippen LogP contribution in [0.25, 0.3) is 0 Å². The number of rotatable bonds is 1. The molecule has 0 spiro atoms. The summed E-state index contributed by atoms with van der Waals surface area (Å²) >= 11 is 0. The number of hydrogen-bond donors (Lipinski definition) is 1. The predicted molar refractivity (Wildman–Crippen MR) is 42.1 cm³/mol. The molecule has 0 saturated carbocycles. The molecule has 1 rings (SSSR count). The Bertz CT molecular complexity index is 479. The molecule has 0 unspecified atom stereocenters. The number of hydrogen-bond acceptors (Lipinski definition) is 5. The molecular weight excluding hydrogens is 196 g/mol. The topological polar surface area (TPSA) is 89.1 Å². The molecule has 0 aromatic carbocycles. The van der Waals surface area contributed by atoms with Gasteiger partial charge in [0.25, 0.3) is 15.1 Å². The molecule has 1 heterocycles. The van der Waals surface area contributed by atoms with Crippen molar-refractivity contribution in [1.29, 1.82) is 0 Å². The maximum atomic E-state index is 10.9. The van der Waals surface area contributed by atoms with Gasteiger partial charge in [0, 0.05) is 6.20 Å². The van der Waals surface area contributed by atoms with Gasteiger partial charge < -0.3 is 9.72 Å². The summed E-state index contributed by atoms with van der Waals surface area (Å²) in [6.07, 6.45) is 1.20. The van der Waals surface area contributed by atoms with Crippen molar-refractivity contribution in [3.05, 3.63) is 22.7 Å². The minimum absolute atomic E-state index is 0.0386. The van der Waals surface area contributed by atoms with Crippen LogP contribution in [0.1, 0.15) is 10.5 Å². The van der Waals surface area contributed by atoms with Gasteiger partial charge in [-0.3, -0.25) is 0 Å². The molecule has 0 saturated heterocycles. The van der Waals surface area contributed by atoms with Crippen molar-refractivity contribution in [2.75, 3.05) is 7.11 Å². The molecule has 0 bridgehead atoms. The van der Waals surface area contributed by atoms with E-state index in [2.05, 4.69) is 14.7 Å². The van der Waals surface area contributed by atoms with E-state index in [1.807, 2.05) is 0 Å². The molecule has 70 valence electrons. The Morgan fingerprint density at radius 3 is 2.85 bits per heavy atom. The van der Waals surface area contributed by atoms with E-state index in [-0.39, 0.29) is 10.5 Å². The number of aromatic nitrogens is 2. The maximum absolute atomic E-state index is 10.9. The highest BCUT2D eigenvalue weighted by Gasteiger charge is 2.04. The van der Waals surface area contributed by atoms with E-state index in [9.17, 15) is 13.2 Å². The van der Waals surface area contributed by atoms with Crippen molar-refractivity contribution in [2.45, 2.75) is 0 Å². The Morgan fingerprint density at radius 2 is 2.31 bits per heavy atom. The molecule has 1 aromatic heterocycles. The molecule has 0 atom stereocenters. The first-order valence-electron chi connectivity index (χ1n) is 3.21. The first-order valence-corrected chi connectivity index (χ1v) is 4.28. The van der Waals surface area contributed by atoms with Crippen LogP contribution in [0.15, 0.2) is 12.3 Å². The smallest absolute Gasteiger partial charge is 0.354 e. The summed E-state index contributed by atoms with van der Waals surface area (Å²) in [4.78, 5) is 16.7. The minimum Gasteiger partial charge on any atom is -0.464 e. The van der Waals surface area contributed by atoms with Gasteiger partial charge in [-0.15, -0.1) is 0 Å². The molecular formula is C6H6N2O4S. The highest BCUT2D eigenvalue weighted by Crippen LogP contribution is 1.93. The van der Waals surface area contributed by atoms with E-state index in [1.165, 1.54) is 19.4 Å². The first kappa shape index (κ1) is 9.46. The summed E-state index contributed by atoms with van der Waals surface area (Å²) in [5.74, 6) is -0.644. The summed E-state index contributed by atoms with van der Waals surface area (Å²) in [7, 11) is -1.28. The van der Waals surface area contributed by atoms with Crippen LogP contribution < -0.4 is 0 Å². The zero-order valence-corrected chi connectivity index (χ0v) is 7.46. The molecule has 0 aliphatic carbocycles. The Balaban J connectivity index is 3.38. The van der Waals surface area contributed by atoms with E-state index in [0.29, 0.717) is 0 Å². The van der Waals surface area contributed by atoms with Crippen LogP contribution in [-0.4, -0.2) is 31.5 Å². The van der Waals surface area contributed by atoms with Gasteiger partial charge in [0.05, 0.1) is 7.11 Å². The molecule has 1 N–H and O–H groups in total. The number of carbonyl (C=O) groups is 1. The quantitative estimate of drug-likeness (QED) is 0.494. The molecule has 13 heavy (non-hydrogen) atoms. The van der Waals surface area contributed by atoms with Crippen LogP contribution in [0.2, 0.25) is 0 Å². The fourth-order valence-corrected chi connectivity index (χ4v) is 1.02. The van der Waals surface area contributed by atoms with Gasteiger partial charge in [-0.1, -0.05) is 0 Å². The van der Waals surface area contributed by atoms with Crippen molar-refractivity contribution < 1.29 is 17.9 Å². The van der Waals surface area contributed by atoms with Crippen molar-refractivity contribution in [3.63, 3.8) is 0 Å². The van der Waals surface area contributed by atoms with Gasteiger partial charge in [-0.25, -0.2) is 9.78 Å². The van der Waals surface area contributed by atoms with E-state index >= 15 is 0 Å². The number of H-pyrrole nitrogens is 1. The largest absolute Gasteiger partial charge is 0.464 e. The zero-order chi connectivity index (χ0) is 9.84. The fraction of sp³-hybridized carbons (Fsp3) is 0.167. The van der Waals surface area contributed by atoms with Crippen LogP contribution in [0.5, 0.6) is 0 Å². The van der Waals surface area contributed by atoms with Gasteiger partial charge in [0.2, 0.25) is 0 Å². The third kappa shape index (κ3) is 2.15. The normalized spacial score (nSPS) is 9.31. The maximum Gasteiger partial charge on any atom is 0.354 e. The molecule has 0 aliphatic rings. The van der Waals surface area contributed by atoms with Gasteiger partial charge in [-0.05, 0) is 6.07 Å². The van der Waals surface area contributed by atoms with Crippen LogP contribution in [0.4, 0.5) is 0 Å². The summed E-state index contributed by atoms with van der Waals surface area (Å²) in [6.45, 7) is 0. The molecule has 0 radical (unpaired) electrons. The molecule has 6 nitrogen and oxygen atoms in total. The van der Waals surface area contributed by atoms with Crippen molar-refractivity contribution in [1.82, 2.24) is 9.97 Å². The van der Waals surface area contributed by atoms with Gasteiger partial charge >= 0.3 is 5.97 Å². The second-order valence-corrected chi connectivity index (χ2v) is 2.87. The highest BCUT2D eigenvalue weighted by molar-refractivity contribution is 7.63. The van der Waals surface area contributed by atoms with Crippen LogP contribution in [0.3, 0.4) is 0 Å². The standard InChI is InChI=1S/C6H6N2O4S/c1-12-5(9)4-2-3-7-6(8-4)13(10)11/h2-3,8H,1H3. The lowest BCUT2D eigenvalue weighted by Gasteiger charge is -1.96. The van der Waals surface area contributed by atoms with Crippen molar-refractivity contribution >= 4 is 16.3 Å². The second kappa shape index (κ2) is 3.85. The monoisotopic (exact) mass is 202 g/mol. The first-order chi connectivity index (χ1) is 6.15. The highest BCUT2D eigenvalue weighted by atomic mass is 32.2. The zero-order valence-electron chi connectivity index (χ0n) is 6.64. The van der Waals surface area contributed by atoms with Crippen LogP contribution in [0, 0.1) is 4.77 Å². The van der Waals surface area contributed by atoms with Crippen LogP contribution >= 0.6 is 0 Å². The number of nitrogens with zero attached hydrogens (tertiary/aromatic N) is 1. The molecule has 0 fully saturated rings. The third-order valence-corrected chi connectivity index (χ3v) is 1.76. The lowest BCUT2D eigenvalue weighted by molar-refractivity contribution is 0.0593. The minimum atomic E-state index is -2.48. The number of carbonyl (C=O) groups excluding carboxylic acids is 1. The van der Waals surface area contributed by atoms with E-state index in [4.69, 9.17) is 0 Å². The number of aromatic amines is 1. The van der Waals surface area contributed by atoms with E-state index in [0.717, 1.165) is 0 Å². The van der Waals surface area contributed by atoms with E-state index < -0.39 is 16.3 Å². The van der Waals surface area contributed by atoms with Crippen LogP contribution in [-0.2, 0) is 15.0 Å². The van der Waals surface area contributed by atoms with Crippen molar-refractivity contribution in [2.24, 2.45) is 0 Å². The Morgan fingerprint density at radius 1 is 1.62 bits per heavy atom.